The zero-order chi connectivity index (χ0) is 21.7. The lowest BCUT2D eigenvalue weighted by Gasteiger charge is -2.23. The lowest BCUT2D eigenvalue weighted by molar-refractivity contribution is -0.138. The Hall–Kier alpha value is -2.76. The number of nitrogen functional groups attached to an aromatic ring is 1. The molecule has 0 bridgehead atoms. The van der Waals surface area contributed by atoms with Crippen LogP contribution in [-0.4, -0.2) is 46.2 Å². The van der Waals surface area contributed by atoms with Gasteiger partial charge in [-0.2, -0.15) is 10.1 Å². The first-order valence-corrected chi connectivity index (χ1v) is 10.4. The molecule has 30 heavy (non-hydrogen) atoms. The molecule has 4 atom stereocenters. The molecule has 0 aliphatic carbocycles. The van der Waals surface area contributed by atoms with E-state index in [1.54, 1.807) is 30.3 Å². The van der Waals surface area contributed by atoms with Crippen molar-refractivity contribution in [3.05, 3.63) is 53.1 Å². The lowest BCUT2D eigenvalue weighted by atomic mass is 10.3. The Morgan fingerprint density at radius 2 is 2.17 bits per heavy atom. The Balaban J connectivity index is 1.65. The van der Waals surface area contributed by atoms with Gasteiger partial charge in [0.2, 0.25) is 0 Å². The summed E-state index contributed by atoms with van der Waals surface area (Å²) < 4.78 is 36.0. The third-order valence-corrected chi connectivity index (χ3v) is 5.61. The van der Waals surface area contributed by atoms with Gasteiger partial charge in [0.05, 0.1) is 6.61 Å². The number of hydrogen-bond donors (Lipinski definition) is 3. The van der Waals surface area contributed by atoms with Gasteiger partial charge in [0.15, 0.2) is 12.5 Å². The van der Waals surface area contributed by atoms with Crippen LogP contribution in [0, 0.1) is 0 Å². The molecule has 1 aliphatic rings. The maximum Gasteiger partial charge on any atom is 0.459 e. The maximum absolute atomic E-state index is 13.1. The number of aromatic nitrogens is 2. The molecule has 1 aromatic heterocycles. The van der Waals surface area contributed by atoms with E-state index in [1.807, 2.05) is 0 Å². The summed E-state index contributed by atoms with van der Waals surface area (Å²) in [6.45, 7) is 0.964. The number of ether oxygens (including phenoxy) is 2. The molecule has 4 N–H and O–H groups in total. The minimum atomic E-state index is -4.10. The van der Waals surface area contributed by atoms with Crippen LogP contribution in [0.3, 0.4) is 0 Å². The highest BCUT2D eigenvalue weighted by Crippen LogP contribution is 2.45. The molecule has 13 heteroatoms. The van der Waals surface area contributed by atoms with Gasteiger partial charge in [-0.25, -0.2) is 9.36 Å². The number of nitrogens with one attached hydrogen (secondary N) is 1. The molecular weight excluding hydrogens is 419 g/mol. The molecule has 2 aromatic rings. The van der Waals surface area contributed by atoms with E-state index in [0.717, 1.165) is 0 Å². The number of nitrogens with zero attached hydrogens (tertiary/aromatic N) is 2. The molecule has 162 valence electrons. The van der Waals surface area contributed by atoms with Gasteiger partial charge >= 0.3 is 19.4 Å². The van der Waals surface area contributed by atoms with E-state index in [2.05, 4.69) is 10.1 Å². The maximum atomic E-state index is 13.1. The molecular formula is C17H21N4O8P. The Bertz CT molecular complexity index is 985. The second-order valence-electron chi connectivity index (χ2n) is 6.28. The van der Waals surface area contributed by atoms with Crippen LogP contribution in [0.4, 0.5) is 5.82 Å². The number of anilines is 1. The van der Waals surface area contributed by atoms with Gasteiger partial charge in [-0.05, 0) is 25.1 Å². The monoisotopic (exact) mass is 440 g/mol. The van der Waals surface area contributed by atoms with Crippen LogP contribution in [0.2, 0.25) is 0 Å². The quantitative estimate of drug-likeness (QED) is 0.476. The molecule has 0 saturated carbocycles. The van der Waals surface area contributed by atoms with E-state index in [-0.39, 0.29) is 24.8 Å². The van der Waals surface area contributed by atoms with E-state index >= 15 is 0 Å². The van der Waals surface area contributed by atoms with E-state index in [1.165, 1.54) is 23.8 Å². The van der Waals surface area contributed by atoms with Gasteiger partial charge in [-0.3, -0.25) is 13.9 Å². The lowest BCUT2D eigenvalue weighted by Crippen LogP contribution is -2.34. The summed E-state index contributed by atoms with van der Waals surface area (Å²) in [6, 6.07) is 8.37. The molecule has 1 fully saturated rings. The topological polar surface area (TPSA) is 164 Å². The van der Waals surface area contributed by atoms with Crippen LogP contribution in [-0.2, 0) is 23.4 Å². The average Bonchev–Trinajstić information content (AvgIpc) is 3.16. The normalized spacial score (nSPS) is 21.6. The molecule has 2 unspecified atom stereocenters. The first kappa shape index (κ1) is 21.9. The highest BCUT2D eigenvalue weighted by atomic mass is 31.2. The van der Waals surface area contributed by atoms with Crippen LogP contribution in [0.5, 0.6) is 5.75 Å². The number of aliphatic carboxylic acids is 1. The Labute approximate surface area is 171 Å². The van der Waals surface area contributed by atoms with Gasteiger partial charge in [0.25, 0.3) is 0 Å². The summed E-state index contributed by atoms with van der Waals surface area (Å²) in [7, 11) is -4.10. The smallest absolute Gasteiger partial charge is 0.459 e. The fourth-order valence-electron chi connectivity index (χ4n) is 2.48. The summed E-state index contributed by atoms with van der Waals surface area (Å²) in [6.07, 6.45) is -0.338. The van der Waals surface area contributed by atoms with Crippen LogP contribution >= 0.6 is 7.75 Å². The van der Waals surface area contributed by atoms with Crippen molar-refractivity contribution >= 4 is 19.5 Å². The van der Waals surface area contributed by atoms with Crippen molar-refractivity contribution in [3.63, 3.8) is 0 Å². The Morgan fingerprint density at radius 3 is 2.83 bits per heavy atom. The third-order valence-electron chi connectivity index (χ3n) is 3.97. The molecule has 0 amide bonds. The van der Waals surface area contributed by atoms with Crippen molar-refractivity contribution in [1.29, 1.82) is 0 Å². The average molecular weight is 440 g/mol. The molecule has 0 spiro atoms. The van der Waals surface area contributed by atoms with Gasteiger partial charge in [0, 0.05) is 6.20 Å². The second kappa shape index (κ2) is 9.37. The first-order valence-electron chi connectivity index (χ1n) is 8.87. The predicted octanol–water partition coefficient (Wildman–Crippen LogP) is 0.963. The highest BCUT2D eigenvalue weighted by Gasteiger charge is 2.35. The zero-order valence-electron chi connectivity index (χ0n) is 15.9. The summed E-state index contributed by atoms with van der Waals surface area (Å²) in [5, 5.41) is 11.5. The van der Waals surface area contributed by atoms with Gasteiger partial charge in [-0.15, -0.1) is 0 Å². The van der Waals surface area contributed by atoms with Crippen LogP contribution in [0.15, 0.2) is 47.4 Å². The van der Waals surface area contributed by atoms with E-state index in [4.69, 9.17) is 29.4 Å². The zero-order valence-corrected chi connectivity index (χ0v) is 16.8. The summed E-state index contributed by atoms with van der Waals surface area (Å²) in [5.41, 5.74) is 4.85. The fourth-order valence-corrected chi connectivity index (χ4v) is 3.97. The third kappa shape index (κ3) is 5.65. The number of carboxylic acids is 1. The number of carboxylic acid groups (broad SMARTS) is 1. The SMILES string of the molecule is CC(NP(=O)(OC[C@H]1OC[C@@H](n2ccc(N)nc2=O)O1)Oc1ccccc1)C(=O)O. The van der Waals surface area contributed by atoms with Crippen molar-refractivity contribution in [3.8, 4) is 5.75 Å². The van der Waals surface area contributed by atoms with Crippen molar-refractivity contribution in [2.75, 3.05) is 18.9 Å². The van der Waals surface area contributed by atoms with E-state index in [9.17, 15) is 14.2 Å². The molecule has 2 heterocycles. The second-order valence-corrected chi connectivity index (χ2v) is 7.98. The minimum absolute atomic E-state index is 0.0162. The minimum Gasteiger partial charge on any atom is -0.480 e. The predicted molar refractivity (Wildman–Crippen MR) is 104 cm³/mol. The van der Waals surface area contributed by atoms with Crippen molar-refractivity contribution < 1.29 is 33.0 Å². The molecule has 1 aliphatic heterocycles. The summed E-state index contributed by atoms with van der Waals surface area (Å²) in [4.78, 5) is 26.7. The number of carbonyl (C=O) groups is 1. The van der Waals surface area contributed by atoms with Crippen molar-refractivity contribution in [2.24, 2.45) is 0 Å². The van der Waals surface area contributed by atoms with E-state index in [0.29, 0.717) is 0 Å². The largest absolute Gasteiger partial charge is 0.480 e. The van der Waals surface area contributed by atoms with Crippen LogP contribution in [0.25, 0.3) is 0 Å². The van der Waals surface area contributed by atoms with E-state index < -0.39 is 38.0 Å². The number of rotatable bonds is 9. The molecule has 0 radical (unpaired) electrons. The number of nitrogens with two attached hydrogens (primary N) is 1. The van der Waals surface area contributed by atoms with Gasteiger partial charge < -0.3 is 24.8 Å². The summed E-state index contributed by atoms with van der Waals surface area (Å²) in [5.74, 6) is -0.941. The number of benzene rings is 1. The number of hydrogen-bond acceptors (Lipinski definition) is 9. The molecule has 12 nitrogen and oxygen atoms in total. The van der Waals surface area contributed by atoms with Gasteiger partial charge in [-0.1, -0.05) is 18.2 Å². The van der Waals surface area contributed by atoms with Crippen LogP contribution in [0.1, 0.15) is 13.2 Å². The first-order chi connectivity index (χ1) is 14.3. The Morgan fingerprint density at radius 1 is 1.43 bits per heavy atom. The van der Waals surface area contributed by atoms with Crippen molar-refractivity contribution in [1.82, 2.24) is 14.6 Å². The molecule has 1 aromatic carbocycles. The number of para-hydroxylation sites is 1. The fraction of sp³-hybridized carbons (Fsp3) is 0.353. The van der Waals surface area contributed by atoms with Crippen molar-refractivity contribution in [2.45, 2.75) is 25.5 Å². The standard InChI is InChI=1S/C17H21N4O8P/c1-11(16(22)23)20-30(25,29-12-5-3-2-4-6-12)27-10-15-26-9-14(28-15)21-8-7-13(18)19-17(21)24/h2-8,11,14-15H,9-10H2,1H3,(H,20,25)(H,22,23)(H2,18,19,24)/t11?,14-,15-,30?/m0/s1. The molecule has 1 saturated heterocycles. The summed E-state index contributed by atoms with van der Waals surface area (Å²) >= 11 is 0. The molecule has 3 rings (SSSR count). The Kier molecular flexibility index (Phi) is 6.85. The van der Waals surface area contributed by atoms with Crippen LogP contribution < -0.4 is 21.0 Å². The van der Waals surface area contributed by atoms with Gasteiger partial charge in [0.1, 0.15) is 24.2 Å². The highest BCUT2D eigenvalue weighted by molar-refractivity contribution is 7.52.